The van der Waals surface area contributed by atoms with Crippen molar-refractivity contribution in [1.82, 2.24) is 14.9 Å². The number of fused-ring (bicyclic) bond motifs is 3. The summed E-state index contributed by atoms with van der Waals surface area (Å²) in [6, 6.07) is 3.71. The topological polar surface area (TPSA) is 103 Å². The first-order chi connectivity index (χ1) is 13.0. The fraction of sp³-hybridized carbons (Fsp3) is 0.389. The molecule has 0 saturated carbocycles. The number of aromatic nitrogens is 2. The summed E-state index contributed by atoms with van der Waals surface area (Å²) in [5.74, 6) is 0.0594. The monoisotopic (exact) mass is 386 g/mol. The number of thiazole rings is 1. The Hall–Kier alpha value is -2.81. The van der Waals surface area contributed by atoms with E-state index >= 15 is 0 Å². The largest absolute Gasteiger partial charge is 0.506 e. The van der Waals surface area contributed by atoms with Crippen LogP contribution in [0, 0.1) is 6.92 Å². The van der Waals surface area contributed by atoms with Crippen molar-refractivity contribution in [3.05, 3.63) is 23.2 Å². The number of hydrogen-bond acceptors (Lipinski definition) is 7. The van der Waals surface area contributed by atoms with Crippen molar-refractivity contribution < 1.29 is 19.4 Å². The van der Waals surface area contributed by atoms with E-state index in [4.69, 9.17) is 4.42 Å². The Bertz CT molecular complexity index is 1030. The summed E-state index contributed by atoms with van der Waals surface area (Å²) < 4.78 is 6.06. The zero-order valence-electron chi connectivity index (χ0n) is 14.6. The molecule has 4 heterocycles. The third-order valence-corrected chi connectivity index (χ3v) is 6.33. The summed E-state index contributed by atoms with van der Waals surface area (Å²) in [4.78, 5) is 24.0. The highest BCUT2D eigenvalue weighted by Crippen LogP contribution is 2.39. The van der Waals surface area contributed by atoms with Gasteiger partial charge in [-0.1, -0.05) is 0 Å². The molecule has 27 heavy (non-hydrogen) atoms. The molecule has 140 valence electrons. The third kappa shape index (κ3) is 2.53. The number of oxazole rings is 1. The van der Waals surface area contributed by atoms with Gasteiger partial charge in [-0.2, -0.15) is 4.98 Å². The molecule has 2 aromatic heterocycles. The number of rotatable bonds is 2. The van der Waals surface area contributed by atoms with Crippen LogP contribution in [-0.2, 0) is 0 Å². The highest BCUT2D eigenvalue weighted by Gasteiger charge is 2.43. The van der Waals surface area contributed by atoms with Crippen molar-refractivity contribution >= 4 is 34.5 Å². The number of nitrogens with zero attached hydrogens (tertiary/aromatic N) is 4. The van der Waals surface area contributed by atoms with Gasteiger partial charge in [0, 0.05) is 24.2 Å². The Morgan fingerprint density at radius 1 is 1.26 bits per heavy atom. The molecule has 2 saturated heterocycles. The average molecular weight is 386 g/mol. The maximum absolute atomic E-state index is 11.5. The lowest BCUT2D eigenvalue weighted by Gasteiger charge is -2.38. The van der Waals surface area contributed by atoms with Gasteiger partial charge < -0.3 is 19.5 Å². The van der Waals surface area contributed by atoms with Crippen molar-refractivity contribution in [1.29, 1.82) is 0 Å². The lowest BCUT2D eigenvalue weighted by atomic mass is 10.2. The van der Waals surface area contributed by atoms with E-state index in [1.54, 1.807) is 17.0 Å². The molecule has 2 unspecified atom stereocenters. The zero-order valence-corrected chi connectivity index (χ0v) is 15.4. The number of amides is 1. The molecule has 2 bridgehead atoms. The summed E-state index contributed by atoms with van der Waals surface area (Å²) in [6.45, 7) is 3.02. The van der Waals surface area contributed by atoms with Gasteiger partial charge in [0.2, 0.25) is 0 Å². The molecule has 2 aliphatic heterocycles. The molecule has 1 aromatic carbocycles. The summed E-state index contributed by atoms with van der Waals surface area (Å²) in [7, 11) is 0. The number of phenols is 1. The molecule has 1 amide bonds. The summed E-state index contributed by atoms with van der Waals surface area (Å²) >= 11 is 1.52. The van der Waals surface area contributed by atoms with Gasteiger partial charge in [0.1, 0.15) is 10.8 Å². The number of hydrogen-bond donors (Lipinski definition) is 2. The second-order valence-corrected chi connectivity index (χ2v) is 7.94. The van der Waals surface area contributed by atoms with Crippen molar-refractivity contribution in [3.8, 4) is 16.3 Å². The Kier molecular flexibility index (Phi) is 3.55. The van der Waals surface area contributed by atoms with E-state index < -0.39 is 6.09 Å². The quantitative estimate of drug-likeness (QED) is 0.696. The summed E-state index contributed by atoms with van der Waals surface area (Å²) in [5.41, 5.74) is 2.64. The SMILES string of the molecule is Cc1csc(-c2ccc(O)c3nc(N4CC5CCC(C4)N5C(=O)O)oc23)n1. The van der Waals surface area contributed by atoms with Gasteiger partial charge in [0.15, 0.2) is 11.1 Å². The normalized spacial score (nSPS) is 22.0. The summed E-state index contributed by atoms with van der Waals surface area (Å²) in [5, 5.41) is 22.4. The van der Waals surface area contributed by atoms with Crippen LogP contribution in [0.3, 0.4) is 0 Å². The second-order valence-electron chi connectivity index (χ2n) is 7.08. The molecule has 2 aliphatic rings. The number of carbonyl (C=O) groups is 1. The molecule has 9 heteroatoms. The average Bonchev–Trinajstić information content (AvgIpc) is 3.32. The second kappa shape index (κ2) is 5.85. The molecular formula is C18H18N4O4S. The van der Waals surface area contributed by atoms with Gasteiger partial charge in [0.05, 0.1) is 17.6 Å². The maximum atomic E-state index is 11.5. The molecule has 2 fully saturated rings. The van der Waals surface area contributed by atoms with E-state index in [-0.39, 0.29) is 17.8 Å². The van der Waals surface area contributed by atoms with E-state index in [2.05, 4.69) is 9.97 Å². The standard InChI is InChI=1S/C18H18N4O4S/c1-9-8-27-16(19-9)12-4-5-13(23)14-15(12)26-17(20-14)21-6-10-2-3-11(7-21)22(10)18(24)25/h4-5,8,10-11,23H,2-3,6-7H2,1H3,(H,24,25). The minimum atomic E-state index is -0.862. The van der Waals surface area contributed by atoms with Gasteiger partial charge in [-0.3, -0.25) is 4.90 Å². The van der Waals surface area contributed by atoms with Crippen LogP contribution in [0.15, 0.2) is 21.9 Å². The molecule has 2 N–H and O–H groups in total. The Morgan fingerprint density at radius 2 is 2.00 bits per heavy atom. The predicted octanol–water partition coefficient (Wildman–Crippen LogP) is 3.30. The van der Waals surface area contributed by atoms with Crippen molar-refractivity contribution in [2.24, 2.45) is 0 Å². The molecule has 5 rings (SSSR count). The van der Waals surface area contributed by atoms with Crippen molar-refractivity contribution in [2.45, 2.75) is 31.8 Å². The van der Waals surface area contributed by atoms with Crippen LogP contribution in [-0.4, -0.2) is 56.3 Å². The van der Waals surface area contributed by atoms with Crippen LogP contribution < -0.4 is 4.90 Å². The lowest BCUT2D eigenvalue weighted by Crippen LogP contribution is -2.55. The van der Waals surface area contributed by atoms with Gasteiger partial charge in [-0.05, 0) is 31.9 Å². The van der Waals surface area contributed by atoms with Gasteiger partial charge in [0.25, 0.3) is 6.01 Å². The van der Waals surface area contributed by atoms with E-state index in [1.807, 2.05) is 17.2 Å². The third-order valence-electron chi connectivity index (χ3n) is 5.33. The van der Waals surface area contributed by atoms with Crippen LogP contribution in [0.25, 0.3) is 21.7 Å². The lowest BCUT2D eigenvalue weighted by molar-refractivity contribution is 0.114. The first-order valence-electron chi connectivity index (χ1n) is 8.82. The first kappa shape index (κ1) is 16.4. The highest BCUT2D eigenvalue weighted by molar-refractivity contribution is 7.13. The molecule has 0 aliphatic carbocycles. The maximum Gasteiger partial charge on any atom is 0.407 e. The van der Waals surface area contributed by atoms with E-state index in [1.165, 1.54) is 11.3 Å². The van der Waals surface area contributed by atoms with E-state index in [0.29, 0.717) is 30.2 Å². The van der Waals surface area contributed by atoms with Crippen molar-refractivity contribution in [3.63, 3.8) is 0 Å². The highest BCUT2D eigenvalue weighted by atomic mass is 32.1. The Morgan fingerprint density at radius 3 is 2.63 bits per heavy atom. The minimum Gasteiger partial charge on any atom is -0.506 e. The number of benzene rings is 1. The van der Waals surface area contributed by atoms with Crippen LogP contribution >= 0.6 is 11.3 Å². The van der Waals surface area contributed by atoms with Gasteiger partial charge >= 0.3 is 6.09 Å². The molecule has 2 atom stereocenters. The molecule has 3 aromatic rings. The number of piperazine rings is 1. The fourth-order valence-corrected chi connectivity index (χ4v) is 4.95. The minimum absolute atomic E-state index is 0.0501. The Labute approximate surface area is 158 Å². The number of phenolic OH excluding ortho intramolecular Hbond substituents is 1. The van der Waals surface area contributed by atoms with E-state index in [9.17, 15) is 15.0 Å². The van der Waals surface area contributed by atoms with Crippen LogP contribution in [0.2, 0.25) is 0 Å². The molecule has 8 nitrogen and oxygen atoms in total. The Balaban J connectivity index is 1.54. The molecule has 0 spiro atoms. The first-order valence-corrected chi connectivity index (χ1v) is 9.70. The van der Waals surface area contributed by atoms with Crippen molar-refractivity contribution in [2.75, 3.05) is 18.0 Å². The summed E-state index contributed by atoms with van der Waals surface area (Å²) in [6.07, 6.45) is 0.837. The van der Waals surface area contributed by atoms with Gasteiger partial charge in [-0.15, -0.1) is 11.3 Å². The van der Waals surface area contributed by atoms with Crippen LogP contribution in [0.1, 0.15) is 18.5 Å². The fourth-order valence-electron chi connectivity index (χ4n) is 4.13. The van der Waals surface area contributed by atoms with Gasteiger partial charge in [-0.25, -0.2) is 9.78 Å². The van der Waals surface area contributed by atoms with Crippen LogP contribution in [0.4, 0.5) is 10.8 Å². The predicted molar refractivity (Wildman–Crippen MR) is 100 cm³/mol. The molecular weight excluding hydrogens is 368 g/mol. The number of carboxylic acid groups (broad SMARTS) is 1. The van der Waals surface area contributed by atoms with Crippen LogP contribution in [0.5, 0.6) is 5.75 Å². The van der Waals surface area contributed by atoms with E-state index in [0.717, 1.165) is 29.1 Å². The number of aromatic hydroxyl groups is 1. The molecule has 0 radical (unpaired) electrons. The number of aryl methyl sites for hydroxylation is 1. The zero-order chi connectivity index (χ0) is 18.7. The smallest absolute Gasteiger partial charge is 0.407 e. The number of anilines is 1.